The predicted octanol–water partition coefficient (Wildman–Crippen LogP) is 3.85. The molecule has 154 valence electrons. The number of fused-ring (bicyclic) bond motifs is 1. The van der Waals surface area contributed by atoms with Gasteiger partial charge < -0.3 is 10.6 Å². The third kappa shape index (κ3) is 4.41. The van der Waals surface area contributed by atoms with E-state index in [9.17, 15) is 4.79 Å². The standard InChI is InChI=1S/C22H32N4O.ClH/c1-14(2)18(23)11-12-25(5)22(27)21-17-7-6-8-20(17)26(24-21)19-10-9-15(3)13-16(19)4;/h9-10,13-14,18H,6-8,11-12,23H2,1-5H3;1H. The van der Waals surface area contributed by atoms with Crippen LogP contribution in [0.15, 0.2) is 18.2 Å². The van der Waals surface area contributed by atoms with E-state index >= 15 is 0 Å². The summed E-state index contributed by atoms with van der Waals surface area (Å²) in [5, 5.41) is 4.77. The molecule has 0 aliphatic heterocycles. The van der Waals surface area contributed by atoms with Gasteiger partial charge >= 0.3 is 0 Å². The van der Waals surface area contributed by atoms with Gasteiger partial charge in [0.15, 0.2) is 5.69 Å². The van der Waals surface area contributed by atoms with E-state index in [0.717, 1.165) is 36.9 Å². The van der Waals surface area contributed by atoms with Crippen molar-refractivity contribution in [2.75, 3.05) is 13.6 Å². The Kier molecular flexibility index (Phi) is 7.29. The first-order valence-electron chi connectivity index (χ1n) is 9.99. The normalized spacial score (nSPS) is 14.0. The highest BCUT2D eigenvalue weighted by molar-refractivity contribution is 5.94. The molecule has 6 heteroatoms. The van der Waals surface area contributed by atoms with Crippen LogP contribution in [-0.2, 0) is 12.8 Å². The zero-order chi connectivity index (χ0) is 19.7. The van der Waals surface area contributed by atoms with Gasteiger partial charge in [0.1, 0.15) is 0 Å². The lowest BCUT2D eigenvalue weighted by molar-refractivity contribution is 0.0782. The Morgan fingerprint density at radius 3 is 2.64 bits per heavy atom. The maximum absolute atomic E-state index is 13.1. The van der Waals surface area contributed by atoms with Crippen molar-refractivity contribution in [3.63, 3.8) is 0 Å². The summed E-state index contributed by atoms with van der Waals surface area (Å²) in [4.78, 5) is 14.9. The van der Waals surface area contributed by atoms with E-state index in [1.165, 1.54) is 16.8 Å². The lowest BCUT2D eigenvalue weighted by Crippen LogP contribution is -2.35. The number of benzene rings is 1. The number of hydrogen-bond donors (Lipinski definition) is 1. The Labute approximate surface area is 174 Å². The molecule has 1 heterocycles. The van der Waals surface area contributed by atoms with Crippen LogP contribution >= 0.6 is 12.4 Å². The van der Waals surface area contributed by atoms with Crippen molar-refractivity contribution in [3.8, 4) is 5.69 Å². The first-order valence-corrected chi connectivity index (χ1v) is 9.99. The summed E-state index contributed by atoms with van der Waals surface area (Å²) in [5.74, 6) is 0.425. The second-order valence-electron chi connectivity index (χ2n) is 8.25. The van der Waals surface area contributed by atoms with Crippen molar-refractivity contribution >= 4 is 18.3 Å². The summed E-state index contributed by atoms with van der Waals surface area (Å²) in [6.45, 7) is 9.08. The number of aromatic nitrogens is 2. The Bertz CT molecular complexity index is 843. The van der Waals surface area contributed by atoms with E-state index in [2.05, 4.69) is 45.9 Å². The van der Waals surface area contributed by atoms with Crippen LogP contribution in [0.4, 0.5) is 0 Å². The fourth-order valence-electron chi connectivity index (χ4n) is 3.81. The van der Waals surface area contributed by atoms with Crippen LogP contribution in [0, 0.1) is 19.8 Å². The highest BCUT2D eigenvalue weighted by Crippen LogP contribution is 2.29. The van der Waals surface area contributed by atoms with Crippen molar-refractivity contribution in [1.82, 2.24) is 14.7 Å². The summed E-state index contributed by atoms with van der Waals surface area (Å²) < 4.78 is 2.00. The number of rotatable bonds is 6. The molecule has 1 atom stereocenters. The molecular formula is C22H33ClN4O. The number of aryl methyl sites for hydroxylation is 2. The molecule has 0 saturated carbocycles. The molecule has 5 nitrogen and oxygen atoms in total. The molecule has 1 unspecified atom stereocenters. The minimum absolute atomic E-state index is 0. The van der Waals surface area contributed by atoms with Crippen molar-refractivity contribution in [3.05, 3.63) is 46.3 Å². The Morgan fingerprint density at radius 2 is 2.00 bits per heavy atom. The first kappa shape index (κ1) is 22.4. The van der Waals surface area contributed by atoms with E-state index in [4.69, 9.17) is 10.8 Å². The van der Waals surface area contributed by atoms with Gasteiger partial charge in [-0.3, -0.25) is 4.79 Å². The maximum atomic E-state index is 13.1. The third-order valence-electron chi connectivity index (χ3n) is 5.71. The molecule has 28 heavy (non-hydrogen) atoms. The largest absolute Gasteiger partial charge is 0.340 e. The fourth-order valence-corrected chi connectivity index (χ4v) is 3.81. The van der Waals surface area contributed by atoms with Gasteiger partial charge in [0.25, 0.3) is 5.91 Å². The zero-order valence-corrected chi connectivity index (χ0v) is 18.5. The summed E-state index contributed by atoms with van der Waals surface area (Å²) >= 11 is 0. The maximum Gasteiger partial charge on any atom is 0.274 e. The number of carbonyl (C=O) groups excluding carboxylic acids is 1. The second kappa shape index (κ2) is 9.10. The molecule has 1 aliphatic carbocycles. The van der Waals surface area contributed by atoms with E-state index < -0.39 is 0 Å². The van der Waals surface area contributed by atoms with Crippen LogP contribution in [0.2, 0.25) is 0 Å². The zero-order valence-electron chi connectivity index (χ0n) is 17.7. The van der Waals surface area contributed by atoms with Gasteiger partial charge in [0, 0.05) is 30.9 Å². The SMILES string of the molecule is Cc1ccc(-n2nc(C(=O)N(C)CCC(N)C(C)C)c3c2CCC3)c(C)c1.Cl. The third-order valence-corrected chi connectivity index (χ3v) is 5.71. The molecule has 2 N–H and O–H groups in total. The molecule has 2 aromatic rings. The lowest BCUT2D eigenvalue weighted by atomic mass is 10.0. The van der Waals surface area contributed by atoms with Crippen LogP contribution in [0.5, 0.6) is 0 Å². The molecule has 1 aliphatic rings. The predicted molar refractivity (Wildman–Crippen MR) is 117 cm³/mol. The van der Waals surface area contributed by atoms with Gasteiger partial charge in [-0.2, -0.15) is 5.10 Å². The summed E-state index contributed by atoms with van der Waals surface area (Å²) in [5.41, 5.74) is 12.6. The topological polar surface area (TPSA) is 64.2 Å². The van der Waals surface area contributed by atoms with Crippen LogP contribution in [0.1, 0.15) is 59.6 Å². The molecule has 0 radical (unpaired) electrons. The van der Waals surface area contributed by atoms with Crippen molar-refractivity contribution in [2.24, 2.45) is 11.7 Å². The summed E-state index contributed by atoms with van der Waals surface area (Å²) in [6.07, 6.45) is 3.80. The number of amides is 1. The summed E-state index contributed by atoms with van der Waals surface area (Å²) in [7, 11) is 1.85. The van der Waals surface area contributed by atoms with E-state index in [1.54, 1.807) is 4.90 Å². The molecule has 0 fully saturated rings. The molecule has 1 amide bonds. The van der Waals surface area contributed by atoms with Gasteiger partial charge in [-0.1, -0.05) is 31.5 Å². The molecule has 1 aromatic heterocycles. The van der Waals surface area contributed by atoms with E-state index in [0.29, 0.717) is 18.2 Å². The van der Waals surface area contributed by atoms with E-state index in [-0.39, 0.29) is 24.4 Å². The molecule has 0 spiro atoms. The quantitative estimate of drug-likeness (QED) is 0.795. The second-order valence-corrected chi connectivity index (χ2v) is 8.25. The fraction of sp³-hybridized carbons (Fsp3) is 0.545. The highest BCUT2D eigenvalue weighted by Gasteiger charge is 2.29. The minimum atomic E-state index is 0. The monoisotopic (exact) mass is 404 g/mol. The molecule has 0 saturated heterocycles. The Balaban J connectivity index is 0.00000280. The van der Waals surface area contributed by atoms with Crippen molar-refractivity contribution in [1.29, 1.82) is 0 Å². The molecular weight excluding hydrogens is 372 g/mol. The number of nitrogens with two attached hydrogens (primary N) is 1. The van der Waals surface area contributed by atoms with Crippen LogP contribution in [0.3, 0.4) is 0 Å². The lowest BCUT2D eigenvalue weighted by Gasteiger charge is -2.21. The van der Waals surface area contributed by atoms with Crippen molar-refractivity contribution < 1.29 is 4.79 Å². The number of halogens is 1. The average molecular weight is 405 g/mol. The van der Waals surface area contributed by atoms with Gasteiger partial charge in [0.05, 0.1) is 5.69 Å². The van der Waals surface area contributed by atoms with Crippen LogP contribution in [-0.4, -0.2) is 40.2 Å². The molecule has 0 bridgehead atoms. The number of nitrogens with zero attached hydrogens (tertiary/aromatic N) is 3. The van der Waals surface area contributed by atoms with E-state index in [1.807, 2.05) is 11.7 Å². The molecule has 3 rings (SSSR count). The van der Waals surface area contributed by atoms with Gasteiger partial charge in [-0.15, -0.1) is 12.4 Å². The van der Waals surface area contributed by atoms with Gasteiger partial charge in [0.2, 0.25) is 0 Å². The van der Waals surface area contributed by atoms with Crippen LogP contribution < -0.4 is 5.73 Å². The Morgan fingerprint density at radius 1 is 1.29 bits per heavy atom. The number of hydrogen-bond acceptors (Lipinski definition) is 3. The number of carbonyl (C=O) groups is 1. The minimum Gasteiger partial charge on any atom is -0.340 e. The Hall–Kier alpha value is -1.85. The smallest absolute Gasteiger partial charge is 0.274 e. The highest BCUT2D eigenvalue weighted by atomic mass is 35.5. The summed E-state index contributed by atoms with van der Waals surface area (Å²) in [6, 6.07) is 6.49. The first-order chi connectivity index (χ1) is 12.8. The van der Waals surface area contributed by atoms with Crippen LogP contribution in [0.25, 0.3) is 5.69 Å². The van der Waals surface area contributed by atoms with Crippen molar-refractivity contribution in [2.45, 2.75) is 59.4 Å². The average Bonchev–Trinajstić information content (AvgIpc) is 3.21. The van der Waals surface area contributed by atoms with Gasteiger partial charge in [-0.25, -0.2) is 4.68 Å². The van der Waals surface area contributed by atoms with Gasteiger partial charge in [-0.05, 0) is 57.1 Å². The molecule has 1 aromatic carbocycles.